The third kappa shape index (κ3) is 13.4. The summed E-state index contributed by atoms with van der Waals surface area (Å²) in [5, 5.41) is 5.98. The zero-order chi connectivity index (χ0) is 34.8. The summed E-state index contributed by atoms with van der Waals surface area (Å²) in [5.74, 6) is 1.38. The number of rotatable bonds is 15. The predicted molar refractivity (Wildman–Crippen MR) is 192 cm³/mol. The maximum Gasteiger partial charge on any atom is 0.257 e. The molecule has 0 fully saturated rings. The molecule has 0 unspecified atom stereocenters. The highest BCUT2D eigenvalue weighted by molar-refractivity contribution is 5.78. The zero-order valence-electron chi connectivity index (χ0n) is 31.2. The number of nitrogens with one attached hydrogen (secondary N) is 2. The van der Waals surface area contributed by atoms with Gasteiger partial charge in [0.15, 0.2) is 13.2 Å². The Labute approximate surface area is 280 Å². The summed E-state index contributed by atoms with van der Waals surface area (Å²) in [7, 11) is 0. The van der Waals surface area contributed by atoms with E-state index >= 15 is 0 Å². The van der Waals surface area contributed by atoms with Crippen LogP contribution in [0.25, 0.3) is 0 Å². The molecule has 2 aromatic carbocycles. The Kier molecular flexibility index (Phi) is 14.2. The van der Waals surface area contributed by atoms with Gasteiger partial charge in [0.1, 0.15) is 11.5 Å². The largest absolute Gasteiger partial charge is 0.483 e. The molecule has 0 spiro atoms. The lowest BCUT2D eigenvalue weighted by Gasteiger charge is -2.27. The Balaban J connectivity index is 1.60. The van der Waals surface area contributed by atoms with Crippen molar-refractivity contribution in [2.45, 2.75) is 143 Å². The van der Waals surface area contributed by atoms with E-state index in [-0.39, 0.29) is 46.7 Å². The van der Waals surface area contributed by atoms with Gasteiger partial charge in [-0.15, -0.1) is 0 Å². The van der Waals surface area contributed by atoms with Crippen LogP contribution in [0.15, 0.2) is 36.4 Å². The SMILES string of the molecule is CC(C)(C)c1ccc(OCC(=O)NCCCCCCCCNC(=O)COc2ccc(C(C)(C)C)cc2C(C)(C)C)c(C(C)(C)C)c1. The highest BCUT2D eigenvalue weighted by Gasteiger charge is 2.25. The molecule has 0 saturated heterocycles. The van der Waals surface area contributed by atoms with Gasteiger partial charge in [-0.3, -0.25) is 9.59 Å². The molecule has 0 heterocycles. The number of carbonyl (C=O) groups excluding carboxylic acids is 2. The van der Waals surface area contributed by atoms with Crippen molar-refractivity contribution in [2.24, 2.45) is 0 Å². The minimum absolute atomic E-state index is 0.0237. The van der Waals surface area contributed by atoms with Crippen LogP contribution in [0.2, 0.25) is 0 Å². The molecular weight excluding hydrogens is 572 g/mol. The second-order valence-electron chi connectivity index (χ2n) is 16.8. The number of hydrogen-bond donors (Lipinski definition) is 2. The Morgan fingerprint density at radius 2 is 0.826 bits per heavy atom. The van der Waals surface area contributed by atoms with Gasteiger partial charge in [0.2, 0.25) is 0 Å². The first-order chi connectivity index (χ1) is 21.2. The Bertz CT molecular complexity index is 1170. The lowest BCUT2D eigenvalue weighted by atomic mass is 9.80. The normalized spacial score (nSPS) is 12.5. The first-order valence-electron chi connectivity index (χ1n) is 17.3. The standard InChI is InChI=1S/C40H64N2O4/c1-37(2,3)29-19-21-33(31(25-29)39(7,8)9)45-27-35(43)41-23-17-15-13-14-16-18-24-42-36(44)28-46-34-22-20-30(38(4,5)6)26-32(34)40(10,11)12/h19-22,25-26H,13-18,23-24,27-28H2,1-12H3,(H,41,43)(H,42,44). The van der Waals surface area contributed by atoms with Crippen molar-refractivity contribution in [3.8, 4) is 11.5 Å². The van der Waals surface area contributed by atoms with E-state index in [4.69, 9.17) is 9.47 Å². The molecule has 2 aromatic rings. The first kappa shape index (κ1) is 39.2. The van der Waals surface area contributed by atoms with E-state index in [9.17, 15) is 9.59 Å². The lowest BCUT2D eigenvalue weighted by molar-refractivity contribution is -0.123. The molecule has 0 radical (unpaired) electrons. The minimum Gasteiger partial charge on any atom is -0.483 e. The van der Waals surface area contributed by atoms with Crippen LogP contribution in [0.3, 0.4) is 0 Å². The topological polar surface area (TPSA) is 76.7 Å². The Morgan fingerprint density at radius 1 is 0.500 bits per heavy atom. The van der Waals surface area contributed by atoms with Crippen LogP contribution in [0.5, 0.6) is 11.5 Å². The molecule has 2 rings (SSSR count). The van der Waals surface area contributed by atoms with E-state index in [1.165, 1.54) is 11.1 Å². The van der Waals surface area contributed by atoms with Crippen molar-refractivity contribution in [3.05, 3.63) is 58.7 Å². The fourth-order valence-corrected chi connectivity index (χ4v) is 5.22. The summed E-state index contributed by atoms with van der Waals surface area (Å²) < 4.78 is 11.9. The molecule has 0 aliphatic rings. The molecule has 2 N–H and O–H groups in total. The summed E-state index contributed by atoms with van der Waals surface area (Å²) in [6.45, 7) is 27.6. The monoisotopic (exact) mass is 636 g/mol. The zero-order valence-corrected chi connectivity index (χ0v) is 31.2. The predicted octanol–water partition coefficient (Wildman–Crippen LogP) is 8.91. The van der Waals surface area contributed by atoms with E-state index in [1.807, 2.05) is 12.1 Å². The quantitative estimate of drug-likeness (QED) is 0.191. The maximum absolute atomic E-state index is 12.4. The first-order valence-corrected chi connectivity index (χ1v) is 17.3. The number of ether oxygens (including phenoxy) is 2. The van der Waals surface area contributed by atoms with E-state index < -0.39 is 0 Å². The van der Waals surface area contributed by atoms with Crippen molar-refractivity contribution in [2.75, 3.05) is 26.3 Å². The number of carbonyl (C=O) groups is 2. The third-order valence-electron chi connectivity index (χ3n) is 8.27. The fourth-order valence-electron chi connectivity index (χ4n) is 5.22. The number of hydrogen-bond acceptors (Lipinski definition) is 4. The van der Waals surface area contributed by atoms with Gasteiger partial charge in [0.25, 0.3) is 11.8 Å². The third-order valence-corrected chi connectivity index (χ3v) is 8.27. The van der Waals surface area contributed by atoms with Gasteiger partial charge < -0.3 is 20.1 Å². The Morgan fingerprint density at radius 3 is 1.13 bits per heavy atom. The number of benzene rings is 2. The summed E-state index contributed by atoms with van der Waals surface area (Å²) >= 11 is 0. The molecule has 0 aliphatic heterocycles. The van der Waals surface area contributed by atoms with Crippen LogP contribution in [0.1, 0.15) is 144 Å². The van der Waals surface area contributed by atoms with Gasteiger partial charge in [-0.2, -0.15) is 0 Å². The molecule has 0 bridgehead atoms. The lowest BCUT2D eigenvalue weighted by Crippen LogP contribution is -2.30. The molecule has 6 nitrogen and oxygen atoms in total. The second-order valence-corrected chi connectivity index (χ2v) is 16.8. The maximum atomic E-state index is 12.4. The average molecular weight is 637 g/mol. The van der Waals surface area contributed by atoms with E-state index in [0.717, 1.165) is 61.2 Å². The summed E-state index contributed by atoms with van der Waals surface area (Å²) in [6.07, 6.45) is 6.24. The minimum atomic E-state index is -0.0870. The van der Waals surface area contributed by atoms with Crippen LogP contribution in [-0.2, 0) is 31.2 Å². The second kappa shape index (κ2) is 16.7. The van der Waals surface area contributed by atoms with Crippen molar-refractivity contribution < 1.29 is 19.1 Å². The average Bonchev–Trinajstić information content (AvgIpc) is 2.93. The van der Waals surface area contributed by atoms with Crippen LogP contribution in [-0.4, -0.2) is 38.1 Å². The molecule has 0 saturated carbocycles. The van der Waals surface area contributed by atoms with Crippen LogP contribution in [0.4, 0.5) is 0 Å². The van der Waals surface area contributed by atoms with E-state index in [1.54, 1.807) is 0 Å². The van der Waals surface area contributed by atoms with Crippen LogP contribution in [0, 0.1) is 0 Å². The highest BCUT2D eigenvalue weighted by atomic mass is 16.5. The van der Waals surface area contributed by atoms with Gasteiger partial charge in [0.05, 0.1) is 0 Å². The molecule has 2 amide bonds. The van der Waals surface area contributed by atoms with E-state index in [2.05, 4.69) is 118 Å². The van der Waals surface area contributed by atoms with Crippen molar-refractivity contribution in [3.63, 3.8) is 0 Å². The molecule has 0 aromatic heterocycles. The molecule has 258 valence electrons. The van der Waals surface area contributed by atoms with Gasteiger partial charge in [-0.1, -0.05) is 133 Å². The molecule has 6 heteroatoms. The fraction of sp³-hybridized carbons (Fsp3) is 0.650. The van der Waals surface area contributed by atoms with Crippen LogP contribution >= 0.6 is 0 Å². The van der Waals surface area contributed by atoms with Gasteiger partial charge in [-0.05, 0) is 68.9 Å². The summed E-state index contributed by atoms with van der Waals surface area (Å²) in [6, 6.07) is 12.6. The van der Waals surface area contributed by atoms with Crippen molar-refractivity contribution >= 4 is 11.8 Å². The summed E-state index contributed by atoms with van der Waals surface area (Å²) in [5.41, 5.74) is 4.71. The number of amides is 2. The van der Waals surface area contributed by atoms with Gasteiger partial charge in [-0.25, -0.2) is 0 Å². The smallest absolute Gasteiger partial charge is 0.257 e. The summed E-state index contributed by atoms with van der Waals surface area (Å²) in [4.78, 5) is 24.8. The van der Waals surface area contributed by atoms with Crippen LogP contribution < -0.4 is 20.1 Å². The molecule has 46 heavy (non-hydrogen) atoms. The van der Waals surface area contributed by atoms with Gasteiger partial charge >= 0.3 is 0 Å². The van der Waals surface area contributed by atoms with Crippen molar-refractivity contribution in [1.82, 2.24) is 10.6 Å². The molecular formula is C40H64N2O4. The number of unbranched alkanes of at least 4 members (excludes halogenated alkanes) is 5. The van der Waals surface area contributed by atoms with Gasteiger partial charge in [0, 0.05) is 13.1 Å². The molecule has 0 atom stereocenters. The van der Waals surface area contributed by atoms with Crippen molar-refractivity contribution in [1.29, 1.82) is 0 Å². The molecule has 0 aliphatic carbocycles. The van der Waals surface area contributed by atoms with E-state index in [0.29, 0.717) is 13.1 Å². The Hall–Kier alpha value is -3.02. The highest BCUT2D eigenvalue weighted by Crippen LogP contribution is 2.36.